The fraction of sp³-hybridized carbons (Fsp3) is 0.450. The molecule has 0 radical (unpaired) electrons. The third kappa shape index (κ3) is 4.96. The second kappa shape index (κ2) is 9.03. The summed E-state index contributed by atoms with van der Waals surface area (Å²) in [5.74, 6) is -1.07. The molecule has 0 saturated heterocycles. The van der Waals surface area contributed by atoms with Crippen molar-refractivity contribution in [1.29, 1.82) is 5.26 Å². The Kier molecular flexibility index (Phi) is 6.71. The summed E-state index contributed by atoms with van der Waals surface area (Å²) in [7, 11) is -1.57. The third-order valence-corrected chi connectivity index (χ3v) is 7.25. The van der Waals surface area contributed by atoms with Gasteiger partial charge in [-0.15, -0.1) is 0 Å². The van der Waals surface area contributed by atoms with Gasteiger partial charge in [-0.1, -0.05) is 0 Å². The van der Waals surface area contributed by atoms with Crippen LogP contribution in [0.3, 0.4) is 0 Å². The molecule has 1 aliphatic carbocycles. The number of primary amides is 1. The first kappa shape index (κ1) is 24.5. The second-order valence-corrected chi connectivity index (χ2v) is 10.0. The summed E-state index contributed by atoms with van der Waals surface area (Å²) in [6, 6.07) is 6.14. The first-order chi connectivity index (χ1) is 15.3. The number of carbonyl (C=O) groups is 1. The molecule has 3 rings (SSSR count). The molecule has 1 heterocycles. The van der Waals surface area contributed by atoms with Crippen molar-refractivity contribution in [2.75, 3.05) is 19.4 Å². The van der Waals surface area contributed by atoms with Crippen molar-refractivity contribution in [3.05, 3.63) is 36.0 Å². The summed E-state index contributed by atoms with van der Waals surface area (Å²) in [6.45, 7) is 0. The van der Waals surface area contributed by atoms with Gasteiger partial charge in [-0.05, 0) is 57.6 Å². The van der Waals surface area contributed by atoms with Crippen molar-refractivity contribution in [3.8, 4) is 6.07 Å². The largest absolute Gasteiger partial charge is 0.501 e. The van der Waals surface area contributed by atoms with Crippen LogP contribution in [-0.4, -0.2) is 54.7 Å². The summed E-state index contributed by atoms with van der Waals surface area (Å²) in [5.41, 5.74) is 0.288. The molecule has 1 aromatic heterocycles. The Labute approximate surface area is 188 Å². The molecule has 2 unspecified atom stereocenters. The summed E-state index contributed by atoms with van der Waals surface area (Å²) in [4.78, 5) is 13.1. The average Bonchev–Trinajstić information content (AvgIpc) is 3.16. The number of halogens is 3. The fourth-order valence-corrected chi connectivity index (χ4v) is 4.64. The molecule has 1 amide bonds. The van der Waals surface area contributed by atoms with Gasteiger partial charge in [0.2, 0.25) is 0 Å². The third-order valence-electron chi connectivity index (χ3n) is 5.75. The van der Waals surface area contributed by atoms with E-state index in [0.29, 0.717) is 12.8 Å². The van der Waals surface area contributed by atoms with Crippen LogP contribution in [0.4, 0.5) is 24.7 Å². The number of nitriles is 1. The molecule has 0 bridgehead atoms. The number of nitrogens with one attached hydrogen (secondary N) is 1. The highest BCUT2D eigenvalue weighted by molar-refractivity contribution is 7.92. The maximum atomic E-state index is 12.7. The van der Waals surface area contributed by atoms with E-state index in [1.165, 1.54) is 10.9 Å². The Hall–Kier alpha value is -3.11. The molecule has 1 saturated carbocycles. The number of hydrogen-bond acceptors (Lipinski definition) is 7. The number of sulfone groups is 1. The molecular formula is C20H23F3N6O3S. The zero-order valence-corrected chi connectivity index (χ0v) is 18.7. The van der Waals surface area contributed by atoms with Crippen molar-refractivity contribution in [2.24, 2.45) is 11.7 Å². The van der Waals surface area contributed by atoms with Gasteiger partial charge in [0.15, 0.2) is 5.82 Å². The van der Waals surface area contributed by atoms with Gasteiger partial charge in [0.25, 0.3) is 15.7 Å². The van der Waals surface area contributed by atoms with Gasteiger partial charge in [-0.3, -0.25) is 9.48 Å². The van der Waals surface area contributed by atoms with E-state index in [-0.39, 0.29) is 35.1 Å². The lowest BCUT2D eigenvalue weighted by atomic mass is 9.82. The summed E-state index contributed by atoms with van der Waals surface area (Å²) < 4.78 is 62.7. The van der Waals surface area contributed by atoms with Gasteiger partial charge in [0.05, 0.1) is 22.9 Å². The average molecular weight is 485 g/mol. The number of rotatable bonds is 6. The number of hydrogen-bond donors (Lipinski definition) is 2. The highest BCUT2D eigenvalue weighted by Gasteiger charge is 2.46. The predicted octanol–water partition coefficient (Wildman–Crippen LogP) is 2.81. The highest BCUT2D eigenvalue weighted by Crippen LogP contribution is 2.36. The van der Waals surface area contributed by atoms with Crippen LogP contribution in [0.2, 0.25) is 0 Å². The smallest absolute Gasteiger partial charge is 0.365 e. The van der Waals surface area contributed by atoms with Gasteiger partial charge in [-0.2, -0.15) is 23.5 Å². The minimum atomic E-state index is -5.47. The van der Waals surface area contributed by atoms with E-state index < -0.39 is 26.1 Å². The molecular weight excluding hydrogens is 461 g/mol. The highest BCUT2D eigenvalue weighted by atomic mass is 32.2. The zero-order valence-electron chi connectivity index (χ0n) is 17.9. The Bertz CT molecular complexity index is 1170. The van der Waals surface area contributed by atoms with Crippen LogP contribution in [0.1, 0.15) is 35.7 Å². The quantitative estimate of drug-likeness (QED) is 0.644. The van der Waals surface area contributed by atoms with E-state index >= 15 is 0 Å². The van der Waals surface area contributed by atoms with E-state index in [0.717, 1.165) is 30.7 Å². The molecule has 1 aliphatic rings. The molecule has 178 valence electrons. The molecule has 3 atom stereocenters. The van der Waals surface area contributed by atoms with Gasteiger partial charge in [-0.25, -0.2) is 8.42 Å². The topological polar surface area (TPSA) is 134 Å². The van der Waals surface area contributed by atoms with Crippen LogP contribution < -0.4 is 11.1 Å². The maximum absolute atomic E-state index is 12.7. The lowest BCUT2D eigenvalue weighted by Crippen LogP contribution is -2.37. The van der Waals surface area contributed by atoms with E-state index in [2.05, 4.69) is 21.4 Å². The molecule has 3 N–H and O–H groups in total. The lowest BCUT2D eigenvalue weighted by molar-refractivity contribution is -0.0436. The number of benzene rings is 1. The zero-order chi connectivity index (χ0) is 24.6. The SMILES string of the molecule is CN(C)[C@H]1CCC(n2cc(C(N)=O)c(Nc3ccc(S(=O)(=O)C(F)(F)F)cc3)n2)C(C#N)C1. The van der Waals surface area contributed by atoms with Crippen LogP contribution in [0.15, 0.2) is 35.4 Å². The van der Waals surface area contributed by atoms with Gasteiger partial charge in [0.1, 0.15) is 5.56 Å². The van der Waals surface area contributed by atoms with Crippen LogP contribution >= 0.6 is 0 Å². The molecule has 33 heavy (non-hydrogen) atoms. The van der Waals surface area contributed by atoms with Gasteiger partial charge < -0.3 is 16.0 Å². The predicted molar refractivity (Wildman–Crippen MR) is 113 cm³/mol. The standard InChI is InChI=1S/C20H23F3N6O3S/c1-28(2)14-5-8-17(12(9-14)10-24)29-11-16(18(25)30)19(27-29)26-13-3-6-15(7-4-13)33(31,32)20(21,22)23/h3-4,6-7,11-12,14,17H,5,8-9H2,1-2H3,(H2,25,30)(H,26,27)/t12?,14-,17?/m0/s1. The number of alkyl halides is 3. The molecule has 1 fully saturated rings. The number of nitrogens with two attached hydrogens (primary N) is 1. The minimum absolute atomic E-state index is 0.0356. The summed E-state index contributed by atoms with van der Waals surface area (Å²) in [5, 5.41) is 16.8. The number of carbonyl (C=O) groups excluding carboxylic acids is 1. The number of amides is 1. The van der Waals surface area contributed by atoms with Crippen molar-refractivity contribution in [1.82, 2.24) is 14.7 Å². The summed E-state index contributed by atoms with van der Waals surface area (Å²) in [6.07, 6.45) is 3.57. The van der Waals surface area contributed by atoms with Crippen molar-refractivity contribution in [3.63, 3.8) is 0 Å². The summed E-state index contributed by atoms with van der Waals surface area (Å²) >= 11 is 0. The van der Waals surface area contributed by atoms with Gasteiger partial charge >= 0.3 is 5.51 Å². The van der Waals surface area contributed by atoms with Crippen LogP contribution in [-0.2, 0) is 9.84 Å². The Morgan fingerprint density at radius 2 is 1.91 bits per heavy atom. The molecule has 0 spiro atoms. The van der Waals surface area contributed by atoms with Crippen LogP contribution in [0.5, 0.6) is 0 Å². The van der Waals surface area contributed by atoms with Crippen LogP contribution in [0.25, 0.3) is 0 Å². The number of nitrogens with zero attached hydrogens (tertiary/aromatic N) is 4. The van der Waals surface area contributed by atoms with Crippen molar-refractivity contribution < 1.29 is 26.4 Å². The fourth-order valence-electron chi connectivity index (χ4n) is 3.88. The van der Waals surface area contributed by atoms with Crippen LogP contribution in [0, 0.1) is 17.2 Å². The van der Waals surface area contributed by atoms with E-state index in [4.69, 9.17) is 5.73 Å². The Balaban J connectivity index is 1.87. The lowest BCUT2D eigenvalue weighted by Gasteiger charge is -2.35. The second-order valence-electron chi connectivity index (χ2n) is 8.07. The first-order valence-electron chi connectivity index (χ1n) is 9.98. The molecule has 1 aromatic carbocycles. The monoisotopic (exact) mass is 484 g/mol. The number of anilines is 2. The molecule has 13 heteroatoms. The molecule has 0 aliphatic heterocycles. The van der Waals surface area contributed by atoms with E-state index in [1.54, 1.807) is 0 Å². The normalized spacial score (nSPS) is 21.5. The van der Waals surface area contributed by atoms with E-state index in [9.17, 15) is 31.6 Å². The molecule has 9 nitrogen and oxygen atoms in total. The Morgan fingerprint density at radius 1 is 1.27 bits per heavy atom. The Morgan fingerprint density at radius 3 is 2.42 bits per heavy atom. The van der Waals surface area contributed by atoms with Gasteiger partial charge in [0, 0.05) is 17.9 Å². The van der Waals surface area contributed by atoms with Crippen molar-refractivity contribution in [2.45, 2.75) is 41.7 Å². The first-order valence-corrected chi connectivity index (χ1v) is 11.5. The minimum Gasteiger partial charge on any atom is -0.365 e. The maximum Gasteiger partial charge on any atom is 0.501 e. The van der Waals surface area contributed by atoms with Crippen molar-refractivity contribution >= 4 is 27.2 Å². The molecule has 2 aromatic rings. The number of aromatic nitrogens is 2. The van der Waals surface area contributed by atoms with E-state index in [1.807, 2.05) is 14.1 Å².